The SMILES string of the molecule is CC(C)N(Cc1nc(C(=O)NCc2cccnc2)cs1)C(=O)Nc1ccc(Cl)c(Cl)c1. The molecule has 2 heterocycles. The number of hydrogen-bond donors (Lipinski definition) is 2. The minimum absolute atomic E-state index is 0.0884. The number of pyridine rings is 1. The highest BCUT2D eigenvalue weighted by atomic mass is 35.5. The van der Waals surface area contributed by atoms with Crippen LogP contribution in [-0.4, -0.2) is 32.8 Å². The third-order valence-electron chi connectivity index (χ3n) is 4.32. The molecule has 0 atom stereocenters. The maximum Gasteiger partial charge on any atom is 0.322 e. The molecule has 10 heteroatoms. The van der Waals surface area contributed by atoms with E-state index in [0.29, 0.717) is 33.0 Å². The standard InChI is InChI=1S/C21H21Cl2N5O2S/c1-13(2)28(21(30)26-15-5-6-16(22)17(23)8-15)11-19-27-18(12-31-19)20(29)25-10-14-4-3-7-24-9-14/h3-9,12-13H,10-11H2,1-2H3,(H,25,29)(H,26,30). The summed E-state index contributed by atoms with van der Waals surface area (Å²) in [7, 11) is 0. The summed E-state index contributed by atoms with van der Waals surface area (Å²) >= 11 is 13.3. The van der Waals surface area contributed by atoms with E-state index in [1.807, 2.05) is 26.0 Å². The van der Waals surface area contributed by atoms with Crippen molar-refractivity contribution in [3.63, 3.8) is 0 Å². The van der Waals surface area contributed by atoms with Crippen molar-refractivity contribution in [3.05, 3.63) is 74.4 Å². The number of rotatable bonds is 7. The smallest absolute Gasteiger partial charge is 0.322 e. The van der Waals surface area contributed by atoms with Crippen LogP contribution in [0.2, 0.25) is 10.0 Å². The number of urea groups is 1. The van der Waals surface area contributed by atoms with Crippen LogP contribution in [0.3, 0.4) is 0 Å². The lowest BCUT2D eigenvalue weighted by molar-refractivity contribution is 0.0946. The summed E-state index contributed by atoms with van der Waals surface area (Å²) in [5.41, 5.74) is 1.76. The number of nitrogens with zero attached hydrogens (tertiary/aromatic N) is 3. The van der Waals surface area contributed by atoms with Gasteiger partial charge in [-0.3, -0.25) is 9.78 Å². The quantitative estimate of drug-likeness (QED) is 0.488. The fourth-order valence-electron chi connectivity index (χ4n) is 2.67. The van der Waals surface area contributed by atoms with Gasteiger partial charge in [-0.15, -0.1) is 11.3 Å². The number of nitrogens with one attached hydrogen (secondary N) is 2. The molecular formula is C21H21Cl2N5O2S. The molecule has 0 aliphatic carbocycles. The predicted octanol–water partition coefficient (Wildman–Crippen LogP) is 5.22. The van der Waals surface area contributed by atoms with Gasteiger partial charge in [0.25, 0.3) is 5.91 Å². The number of carbonyl (C=O) groups is 2. The van der Waals surface area contributed by atoms with E-state index in [2.05, 4.69) is 20.6 Å². The number of carbonyl (C=O) groups excluding carboxylic acids is 2. The highest BCUT2D eigenvalue weighted by Gasteiger charge is 2.20. The lowest BCUT2D eigenvalue weighted by Gasteiger charge is -2.26. The van der Waals surface area contributed by atoms with Gasteiger partial charge in [0.1, 0.15) is 10.7 Å². The average molecular weight is 478 g/mol. The van der Waals surface area contributed by atoms with Crippen molar-refractivity contribution in [1.82, 2.24) is 20.2 Å². The van der Waals surface area contributed by atoms with E-state index in [-0.39, 0.29) is 24.5 Å². The van der Waals surface area contributed by atoms with Gasteiger partial charge in [-0.1, -0.05) is 29.3 Å². The molecule has 31 heavy (non-hydrogen) atoms. The van der Waals surface area contributed by atoms with Gasteiger partial charge < -0.3 is 15.5 Å². The first-order valence-corrected chi connectivity index (χ1v) is 11.1. The second kappa shape index (κ2) is 10.6. The normalized spacial score (nSPS) is 10.7. The Morgan fingerprint density at radius 3 is 2.68 bits per heavy atom. The zero-order valence-electron chi connectivity index (χ0n) is 16.9. The fourth-order valence-corrected chi connectivity index (χ4v) is 3.74. The summed E-state index contributed by atoms with van der Waals surface area (Å²) in [6, 6.07) is 8.20. The van der Waals surface area contributed by atoms with Crippen LogP contribution in [0, 0.1) is 0 Å². The number of aromatic nitrogens is 2. The third-order valence-corrected chi connectivity index (χ3v) is 5.89. The number of thiazole rings is 1. The van der Waals surface area contributed by atoms with Crippen LogP contribution in [0.1, 0.15) is 34.9 Å². The molecule has 3 amide bonds. The van der Waals surface area contributed by atoms with E-state index >= 15 is 0 Å². The van der Waals surface area contributed by atoms with Crippen molar-refractivity contribution in [2.24, 2.45) is 0 Å². The number of hydrogen-bond acceptors (Lipinski definition) is 5. The summed E-state index contributed by atoms with van der Waals surface area (Å²) in [6.07, 6.45) is 3.37. The van der Waals surface area contributed by atoms with Crippen molar-refractivity contribution >= 4 is 52.2 Å². The Balaban J connectivity index is 1.62. The monoisotopic (exact) mass is 477 g/mol. The molecule has 0 saturated heterocycles. The van der Waals surface area contributed by atoms with E-state index in [1.54, 1.807) is 40.9 Å². The summed E-state index contributed by atoms with van der Waals surface area (Å²) in [5, 5.41) is 8.75. The minimum Gasteiger partial charge on any atom is -0.347 e. The Bertz CT molecular complexity index is 1060. The Morgan fingerprint density at radius 1 is 1.19 bits per heavy atom. The second-order valence-corrected chi connectivity index (χ2v) is 8.71. The highest BCUT2D eigenvalue weighted by Crippen LogP contribution is 2.25. The molecule has 2 N–H and O–H groups in total. The molecule has 0 fully saturated rings. The van der Waals surface area contributed by atoms with Crippen LogP contribution in [0.4, 0.5) is 10.5 Å². The molecule has 0 aliphatic heterocycles. The van der Waals surface area contributed by atoms with Crippen LogP contribution in [0.15, 0.2) is 48.1 Å². The van der Waals surface area contributed by atoms with Gasteiger partial charge >= 0.3 is 6.03 Å². The van der Waals surface area contributed by atoms with Crippen LogP contribution in [0.5, 0.6) is 0 Å². The molecule has 7 nitrogen and oxygen atoms in total. The molecule has 0 unspecified atom stereocenters. The molecule has 3 rings (SSSR count). The van der Waals surface area contributed by atoms with Gasteiger partial charge in [-0.2, -0.15) is 0 Å². The summed E-state index contributed by atoms with van der Waals surface area (Å²) in [5.74, 6) is -0.275. The zero-order chi connectivity index (χ0) is 22.4. The molecule has 0 radical (unpaired) electrons. The molecule has 0 saturated carbocycles. The maximum atomic E-state index is 12.8. The minimum atomic E-state index is -0.300. The number of anilines is 1. The lowest BCUT2D eigenvalue weighted by atomic mass is 10.3. The fraction of sp³-hybridized carbons (Fsp3) is 0.238. The molecule has 0 spiro atoms. The zero-order valence-corrected chi connectivity index (χ0v) is 19.3. The highest BCUT2D eigenvalue weighted by molar-refractivity contribution is 7.09. The van der Waals surface area contributed by atoms with Crippen LogP contribution < -0.4 is 10.6 Å². The third kappa shape index (κ3) is 6.40. The van der Waals surface area contributed by atoms with Crippen molar-refractivity contribution in [1.29, 1.82) is 0 Å². The van der Waals surface area contributed by atoms with E-state index in [1.165, 1.54) is 11.3 Å². The van der Waals surface area contributed by atoms with Gasteiger partial charge in [0.05, 0.1) is 16.6 Å². The van der Waals surface area contributed by atoms with Gasteiger partial charge in [0.2, 0.25) is 0 Å². The predicted molar refractivity (Wildman–Crippen MR) is 124 cm³/mol. The van der Waals surface area contributed by atoms with Gasteiger partial charge in [0.15, 0.2) is 0 Å². The van der Waals surface area contributed by atoms with Crippen molar-refractivity contribution in [2.75, 3.05) is 5.32 Å². The first kappa shape index (κ1) is 23.0. The van der Waals surface area contributed by atoms with E-state index in [4.69, 9.17) is 23.2 Å². The summed E-state index contributed by atoms with van der Waals surface area (Å²) < 4.78 is 0. The Kier molecular flexibility index (Phi) is 7.84. The van der Waals surface area contributed by atoms with Gasteiger partial charge in [0, 0.05) is 36.0 Å². The number of halogens is 2. The molecule has 1 aromatic carbocycles. The molecule has 0 aliphatic rings. The largest absolute Gasteiger partial charge is 0.347 e. The van der Waals surface area contributed by atoms with Crippen molar-refractivity contribution in [2.45, 2.75) is 33.0 Å². The van der Waals surface area contributed by atoms with Gasteiger partial charge in [-0.05, 0) is 43.7 Å². The maximum absolute atomic E-state index is 12.8. The molecule has 3 aromatic rings. The van der Waals surface area contributed by atoms with Gasteiger partial charge in [-0.25, -0.2) is 9.78 Å². The Labute approximate surface area is 194 Å². The Morgan fingerprint density at radius 2 is 2.00 bits per heavy atom. The van der Waals surface area contributed by atoms with Crippen molar-refractivity contribution in [3.8, 4) is 0 Å². The van der Waals surface area contributed by atoms with Crippen LogP contribution in [-0.2, 0) is 13.1 Å². The summed E-state index contributed by atoms with van der Waals surface area (Å²) in [6.45, 7) is 4.45. The summed E-state index contributed by atoms with van der Waals surface area (Å²) in [4.78, 5) is 35.2. The molecule has 2 aromatic heterocycles. The molecule has 162 valence electrons. The molecule has 0 bridgehead atoms. The van der Waals surface area contributed by atoms with Crippen LogP contribution in [0.25, 0.3) is 0 Å². The van der Waals surface area contributed by atoms with E-state index in [9.17, 15) is 9.59 Å². The first-order valence-electron chi connectivity index (χ1n) is 9.47. The van der Waals surface area contributed by atoms with Crippen LogP contribution >= 0.6 is 34.5 Å². The lowest BCUT2D eigenvalue weighted by Crippen LogP contribution is -2.39. The average Bonchev–Trinajstić information content (AvgIpc) is 3.22. The number of amides is 3. The van der Waals surface area contributed by atoms with Crippen molar-refractivity contribution < 1.29 is 9.59 Å². The Hall–Kier alpha value is -2.68. The molecular weight excluding hydrogens is 457 g/mol. The first-order chi connectivity index (χ1) is 14.8. The van der Waals surface area contributed by atoms with E-state index < -0.39 is 0 Å². The topological polar surface area (TPSA) is 87.2 Å². The van der Waals surface area contributed by atoms with E-state index in [0.717, 1.165) is 5.56 Å². The number of benzene rings is 1. The second-order valence-electron chi connectivity index (χ2n) is 6.95.